The molecule has 0 fully saturated rings. The third kappa shape index (κ3) is 3.35. The van der Waals surface area contributed by atoms with Crippen LogP contribution in [-0.4, -0.2) is 6.36 Å². The Bertz CT molecular complexity index is 418. The fourth-order valence-electron chi connectivity index (χ4n) is 0.997. The van der Waals surface area contributed by atoms with Crippen molar-refractivity contribution in [3.8, 4) is 11.8 Å². The second kappa shape index (κ2) is 4.05. The van der Waals surface area contributed by atoms with E-state index in [1.54, 1.807) is 6.07 Å². The Morgan fingerprint density at radius 3 is 2.47 bits per heavy atom. The van der Waals surface area contributed by atoms with Gasteiger partial charge in [0.15, 0.2) is 0 Å². The van der Waals surface area contributed by atoms with Gasteiger partial charge in [-0.3, -0.25) is 0 Å². The Balaban J connectivity index is 3.09. The van der Waals surface area contributed by atoms with Crippen LogP contribution < -0.4 is 4.74 Å². The predicted octanol–water partition coefficient (Wildman–Crippen LogP) is 3.10. The van der Waals surface area contributed by atoms with Gasteiger partial charge < -0.3 is 4.74 Å². The third-order valence-corrected chi connectivity index (χ3v) is 1.53. The maximum absolute atomic E-state index is 11.9. The fourth-order valence-corrected chi connectivity index (χ4v) is 0.997. The first-order valence-electron chi connectivity index (χ1n) is 3.88. The number of ether oxygens (including phenoxy) is 1. The molecule has 0 saturated heterocycles. The summed E-state index contributed by atoms with van der Waals surface area (Å²) in [6.07, 6.45) is -3.42. The third-order valence-electron chi connectivity index (χ3n) is 1.53. The summed E-state index contributed by atoms with van der Waals surface area (Å²) in [5.41, 5.74) is 0.486. The Morgan fingerprint density at radius 1 is 1.33 bits per heavy atom. The Labute approximate surface area is 84.2 Å². The van der Waals surface area contributed by atoms with Crippen LogP contribution in [0.5, 0.6) is 5.75 Å². The number of nitriles is 1. The molecule has 0 radical (unpaired) electrons. The molecule has 0 aliphatic carbocycles. The van der Waals surface area contributed by atoms with E-state index in [1.807, 2.05) is 0 Å². The number of halogens is 3. The van der Waals surface area contributed by atoms with E-state index in [2.05, 4.69) is 11.3 Å². The molecular weight excluding hydrogens is 207 g/mol. The van der Waals surface area contributed by atoms with Gasteiger partial charge in [-0.25, -0.2) is 0 Å². The van der Waals surface area contributed by atoms with Gasteiger partial charge in [0.25, 0.3) is 0 Å². The van der Waals surface area contributed by atoms with E-state index in [-0.39, 0.29) is 5.56 Å². The topological polar surface area (TPSA) is 33.0 Å². The molecule has 1 aromatic carbocycles. The summed E-state index contributed by atoms with van der Waals surface area (Å²) in [7, 11) is 0. The lowest BCUT2D eigenvalue weighted by molar-refractivity contribution is -0.274. The van der Waals surface area contributed by atoms with E-state index in [4.69, 9.17) is 5.26 Å². The molecule has 0 bridgehead atoms. The summed E-state index contributed by atoms with van der Waals surface area (Å²) in [4.78, 5) is 0. The van der Waals surface area contributed by atoms with Crippen molar-refractivity contribution in [1.82, 2.24) is 0 Å². The molecule has 0 amide bonds. The van der Waals surface area contributed by atoms with Crippen LogP contribution in [0.4, 0.5) is 13.2 Å². The van der Waals surface area contributed by atoms with Crippen molar-refractivity contribution in [3.63, 3.8) is 0 Å². The molecule has 0 atom stereocenters. The molecule has 2 nitrogen and oxygen atoms in total. The molecule has 0 N–H and O–H groups in total. The second-order valence-electron chi connectivity index (χ2n) is 2.65. The highest BCUT2D eigenvalue weighted by molar-refractivity contribution is 5.54. The zero-order valence-corrected chi connectivity index (χ0v) is 7.51. The first-order valence-corrected chi connectivity index (χ1v) is 3.88. The molecule has 0 heterocycles. The molecule has 15 heavy (non-hydrogen) atoms. The minimum absolute atomic E-state index is 0.0895. The SMILES string of the molecule is C=Cc1cc(C#N)cc(OC(F)(F)F)c1. The summed E-state index contributed by atoms with van der Waals surface area (Å²) in [5.74, 6) is -0.420. The molecule has 5 heteroatoms. The first kappa shape index (κ1) is 11.1. The molecular formula is C10H6F3NO. The summed E-state index contributed by atoms with van der Waals surface area (Å²) in [6, 6.07) is 5.31. The summed E-state index contributed by atoms with van der Waals surface area (Å²) >= 11 is 0. The standard InChI is InChI=1S/C10H6F3NO/c1-2-7-3-8(6-14)5-9(4-7)15-10(11,12)13/h2-5H,1H2. The van der Waals surface area contributed by atoms with Crippen LogP contribution in [0, 0.1) is 11.3 Å². The molecule has 0 unspecified atom stereocenters. The number of alkyl halides is 3. The maximum Gasteiger partial charge on any atom is 0.573 e. The minimum atomic E-state index is -4.76. The van der Waals surface area contributed by atoms with Crippen LogP contribution in [0.3, 0.4) is 0 Å². The molecule has 1 aromatic rings. The van der Waals surface area contributed by atoms with Crippen LogP contribution in [-0.2, 0) is 0 Å². The summed E-state index contributed by atoms with van der Waals surface area (Å²) in [6.45, 7) is 3.40. The van der Waals surface area contributed by atoms with Gasteiger partial charge in [-0.15, -0.1) is 13.2 Å². The molecule has 0 spiro atoms. The summed E-state index contributed by atoms with van der Waals surface area (Å²) < 4.78 is 39.3. The fraction of sp³-hybridized carbons (Fsp3) is 0.100. The van der Waals surface area contributed by atoms with Gasteiger partial charge in [-0.1, -0.05) is 12.7 Å². The highest BCUT2D eigenvalue weighted by Crippen LogP contribution is 2.25. The number of hydrogen-bond donors (Lipinski definition) is 0. The lowest BCUT2D eigenvalue weighted by atomic mass is 10.1. The maximum atomic E-state index is 11.9. The molecule has 0 saturated carbocycles. The Kier molecular flexibility index (Phi) is 3.00. The van der Waals surface area contributed by atoms with Gasteiger partial charge in [0.1, 0.15) is 5.75 Å². The average molecular weight is 213 g/mol. The second-order valence-corrected chi connectivity index (χ2v) is 2.65. The van der Waals surface area contributed by atoms with Gasteiger partial charge in [0, 0.05) is 0 Å². The zero-order valence-electron chi connectivity index (χ0n) is 7.51. The lowest BCUT2D eigenvalue weighted by Crippen LogP contribution is -2.17. The van der Waals surface area contributed by atoms with Gasteiger partial charge >= 0.3 is 6.36 Å². The number of hydrogen-bond acceptors (Lipinski definition) is 2. The number of benzene rings is 1. The molecule has 1 rings (SSSR count). The number of nitrogens with zero attached hydrogens (tertiary/aromatic N) is 1. The van der Waals surface area contributed by atoms with Crippen molar-refractivity contribution in [2.45, 2.75) is 6.36 Å². The smallest absolute Gasteiger partial charge is 0.406 e. The quantitative estimate of drug-likeness (QED) is 0.756. The monoisotopic (exact) mass is 213 g/mol. The van der Waals surface area contributed by atoms with Crippen molar-refractivity contribution >= 4 is 6.08 Å². The Morgan fingerprint density at radius 2 is 2.00 bits per heavy atom. The van der Waals surface area contributed by atoms with E-state index in [0.717, 1.165) is 12.1 Å². The molecule has 0 aromatic heterocycles. The van der Waals surface area contributed by atoms with Gasteiger partial charge in [0.2, 0.25) is 0 Å². The van der Waals surface area contributed by atoms with Crippen molar-refractivity contribution < 1.29 is 17.9 Å². The zero-order chi connectivity index (χ0) is 11.5. The first-order chi connectivity index (χ1) is 6.94. The normalized spacial score (nSPS) is 10.5. The van der Waals surface area contributed by atoms with E-state index in [1.165, 1.54) is 12.1 Å². The predicted molar refractivity (Wildman–Crippen MR) is 47.9 cm³/mol. The summed E-state index contributed by atoms with van der Waals surface area (Å²) in [5, 5.41) is 8.56. The van der Waals surface area contributed by atoms with Gasteiger partial charge in [-0.05, 0) is 23.8 Å². The minimum Gasteiger partial charge on any atom is -0.406 e. The highest BCUT2D eigenvalue weighted by atomic mass is 19.4. The molecule has 0 aliphatic heterocycles. The van der Waals surface area contributed by atoms with Crippen molar-refractivity contribution in [1.29, 1.82) is 5.26 Å². The Hall–Kier alpha value is -1.96. The molecule has 78 valence electrons. The van der Waals surface area contributed by atoms with E-state index in [9.17, 15) is 13.2 Å². The average Bonchev–Trinajstić information content (AvgIpc) is 2.14. The van der Waals surface area contributed by atoms with Crippen LogP contribution in [0.2, 0.25) is 0 Å². The molecule has 0 aliphatic rings. The van der Waals surface area contributed by atoms with Gasteiger partial charge in [0.05, 0.1) is 11.6 Å². The van der Waals surface area contributed by atoms with Crippen LogP contribution in [0.1, 0.15) is 11.1 Å². The largest absolute Gasteiger partial charge is 0.573 e. The van der Waals surface area contributed by atoms with Crippen LogP contribution >= 0.6 is 0 Å². The van der Waals surface area contributed by atoms with Crippen molar-refractivity contribution in [2.24, 2.45) is 0 Å². The van der Waals surface area contributed by atoms with E-state index < -0.39 is 12.1 Å². The van der Waals surface area contributed by atoms with Crippen molar-refractivity contribution in [2.75, 3.05) is 0 Å². The lowest BCUT2D eigenvalue weighted by Gasteiger charge is -2.09. The van der Waals surface area contributed by atoms with Crippen molar-refractivity contribution in [3.05, 3.63) is 35.9 Å². The van der Waals surface area contributed by atoms with Gasteiger partial charge in [-0.2, -0.15) is 5.26 Å². The number of rotatable bonds is 2. The highest BCUT2D eigenvalue weighted by Gasteiger charge is 2.31. The van der Waals surface area contributed by atoms with Crippen LogP contribution in [0.15, 0.2) is 24.8 Å². The van der Waals surface area contributed by atoms with Crippen LogP contribution in [0.25, 0.3) is 6.08 Å². The van der Waals surface area contributed by atoms with E-state index >= 15 is 0 Å². The van der Waals surface area contributed by atoms with E-state index in [0.29, 0.717) is 5.56 Å².